The van der Waals surface area contributed by atoms with Crippen molar-refractivity contribution >= 4 is 12.0 Å². The molecule has 8 nitrogen and oxygen atoms in total. The van der Waals surface area contributed by atoms with Gasteiger partial charge in [0, 0.05) is 6.20 Å². The van der Waals surface area contributed by atoms with Gasteiger partial charge >= 0.3 is 12.0 Å². The maximum absolute atomic E-state index is 11.3. The van der Waals surface area contributed by atoms with E-state index in [0.29, 0.717) is 5.69 Å². The number of carbonyl (C=O) groups is 2. The van der Waals surface area contributed by atoms with Gasteiger partial charge in [-0.05, 0) is 6.92 Å². The summed E-state index contributed by atoms with van der Waals surface area (Å²) in [5, 5.41) is 21.8. The number of nitrogens with one attached hydrogen (secondary N) is 2. The van der Waals surface area contributed by atoms with E-state index in [2.05, 4.69) is 20.6 Å². The first-order chi connectivity index (χ1) is 8.52. The van der Waals surface area contributed by atoms with Crippen molar-refractivity contribution in [2.45, 2.75) is 19.5 Å². The van der Waals surface area contributed by atoms with Crippen molar-refractivity contribution in [3.8, 4) is 0 Å². The summed E-state index contributed by atoms with van der Waals surface area (Å²) in [6.07, 6.45) is 3.07. The summed E-state index contributed by atoms with van der Waals surface area (Å²) < 4.78 is 0. The van der Waals surface area contributed by atoms with Gasteiger partial charge in [0.15, 0.2) is 6.04 Å². The normalized spacial score (nSPS) is 11.7. The Morgan fingerprint density at radius 1 is 1.39 bits per heavy atom. The molecule has 1 rings (SSSR count). The number of carboxylic acids is 1. The predicted molar refractivity (Wildman–Crippen MR) is 60.7 cm³/mol. The summed E-state index contributed by atoms with van der Waals surface area (Å²) >= 11 is 0. The first kappa shape index (κ1) is 13.8. The molecule has 0 aliphatic rings. The Kier molecular flexibility index (Phi) is 5.00. The number of aryl methyl sites for hydroxylation is 1. The number of nitrogens with zero attached hydrogens (tertiary/aromatic N) is 2. The summed E-state index contributed by atoms with van der Waals surface area (Å²) in [6.45, 7) is 1.24. The lowest BCUT2D eigenvalue weighted by atomic mass is 10.3. The Bertz CT molecular complexity index is 420. The highest BCUT2D eigenvalue weighted by molar-refractivity contribution is 5.82. The third-order valence-electron chi connectivity index (χ3n) is 2.05. The van der Waals surface area contributed by atoms with E-state index < -0.39 is 24.6 Å². The zero-order chi connectivity index (χ0) is 13.5. The van der Waals surface area contributed by atoms with Gasteiger partial charge in [-0.2, -0.15) is 0 Å². The van der Waals surface area contributed by atoms with Gasteiger partial charge in [0.25, 0.3) is 0 Å². The minimum Gasteiger partial charge on any atom is -0.480 e. The molecule has 1 atom stereocenters. The Labute approximate surface area is 103 Å². The second kappa shape index (κ2) is 6.50. The van der Waals surface area contributed by atoms with Crippen LogP contribution in [-0.4, -0.2) is 44.8 Å². The molecule has 0 saturated heterocycles. The van der Waals surface area contributed by atoms with Crippen LogP contribution in [0.25, 0.3) is 0 Å². The number of aromatic nitrogens is 2. The predicted octanol–water partition coefficient (Wildman–Crippen LogP) is -0.970. The molecule has 0 spiro atoms. The van der Waals surface area contributed by atoms with Crippen LogP contribution in [0, 0.1) is 6.92 Å². The number of aliphatic hydroxyl groups excluding tert-OH is 1. The molecule has 0 bridgehead atoms. The molecule has 2 amide bonds. The van der Waals surface area contributed by atoms with Gasteiger partial charge in [0.1, 0.15) is 0 Å². The van der Waals surface area contributed by atoms with E-state index >= 15 is 0 Å². The molecule has 8 heteroatoms. The number of carboxylic acid groups (broad SMARTS) is 1. The highest BCUT2D eigenvalue weighted by Gasteiger charge is 2.18. The van der Waals surface area contributed by atoms with Crippen LogP contribution >= 0.6 is 0 Å². The fourth-order valence-corrected chi connectivity index (χ4v) is 1.08. The summed E-state index contributed by atoms with van der Waals surface area (Å²) in [5.74, 6) is -1.30. The lowest BCUT2D eigenvalue weighted by molar-refractivity contribution is -0.140. The fourth-order valence-electron chi connectivity index (χ4n) is 1.08. The second-order valence-electron chi connectivity index (χ2n) is 3.55. The van der Waals surface area contributed by atoms with Crippen LogP contribution in [-0.2, 0) is 11.3 Å². The van der Waals surface area contributed by atoms with E-state index in [-0.39, 0.29) is 6.54 Å². The van der Waals surface area contributed by atoms with Crippen molar-refractivity contribution in [1.29, 1.82) is 0 Å². The molecule has 0 saturated carbocycles. The van der Waals surface area contributed by atoms with E-state index in [1.54, 1.807) is 13.1 Å². The van der Waals surface area contributed by atoms with Crippen molar-refractivity contribution < 1.29 is 19.8 Å². The molecule has 0 aromatic carbocycles. The van der Waals surface area contributed by atoms with Crippen LogP contribution in [0.3, 0.4) is 0 Å². The van der Waals surface area contributed by atoms with E-state index in [1.165, 1.54) is 6.20 Å². The van der Waals surface area contributed by atoms with Crippen molar-refractivity contribution in [3.05, 3.63) is 23.8 Å². The Balaban J connectivity index is 2.41. The zero-order valence-corrected chi connectivity index (χ0v) is 9.75. The molecule has 0 aliphatic heterocycles. The molecule has 1 unspecified atom stereocenters. The molecule has 1 heterocycles. The highest BCUT2D eigenvalue weighted by atomic mass is 16.4. The molecule has 0 radical (unpaired) electrons. The molecule has 0 aliphatic carbocycles. The van der Waals surface area contributed by atoms with E-state index in [4.69, 9.17) is 10.2 Å². The number of hydrogen-bond donors (Lipinski definition) is 4. The maximum Gasteiger partial charge on any atom is 0.328 e. The first-order valence-corrected chi connectivity index (χ1v) is 5.18. The van der Waals surface area contributed by atoms with E-state index in [9.17, 15) is 9.59 Å². The van der Waals surface area contributed by atoms with Crippen LogP contribution in [0.2, 0.25) is 0 Å². The summed E-state index contributed by atoms with van der Waals surface area (Å²) in [7, 11) is 0. The minimum atomic E-state index is -1.32. The van der Waals surface area contributed by atoms with Gasteiger partial charge < -0.3 is 20.8 Å². The summed E-state index contributed by atoms with van der Waals surface area (Å²) in [4.78, 5) is 29.9. The van der Waals surface area contributed by atoms with Crippen molar-refractivity contribution in [2.24, 2.45) is 0 Å². The topological polar surface area (TPSA) is 124 Å². The number of hydrogen-bond acceptors (Lipinski definition) is 5. The molecule has 18 heavy (non-hydrogen) atoms. The molecule has 0 fully saturated rings. The fraction of sp³-hybridized carbons (Fsp3) is 0.400. The van der Waals surface area contributed by atoms with Gasteiger partial charge in [-0.1, -0.05) is 0 Å². The molecular weight excluding hydrogens is 240 g/mol. The SMILES string of the molecule is Cc1cnc(CNC(=O)NC(CO)C(=O)O)cn1. The van der Waals surface area contributed by atoms with Crippen LogP contribution in [0.1, 0.15) is 11.4 Å². The molecule has 98 valence electrons. The monoisotopic (exact) mass is 254 g/mol. The average Bonchev–Trinajstić information content (AvgIpc) is 2.35. The van der Waals surface area contributed by atoms with Gasteiger partial charge in [-0.25, -0.2) is 9.59 Å². The van der Waals surface area contributed by atoms with E-state index in [1.807, 2.05) is 0 Å². The molecule has 4 N–H and O–H groups in total. The van der Waals surface area contributed by atoms with Gasteiger partial charge in [-0.3, -0.25) is 9.97 Å². The summed E-state index contributed by atoms with van der Waals surface area (Å²) in [5.41, 5.74) is 1.31. The summed E-state index contributed by atoms with van der Waals surface area (Å²) in [6, 6.07) is -2.02. The van der Waals surface area contributed by atoms with Crippen LogP contribution in [0.5, 0.6) is 0 Å². The third-order valence-corrected chi connectivity index (χ3v) is 2.05. The number of aliphatic carboxylic acids is 1. The highest BCUT2D eigenvalue weighted by Crippen LogP contribution is 1.93. The number of carbonyl (C=O) groups excluding carboxylic acids is 1. The van der Waals surface area contributed by atoms with Gasteiger partial charge in [0.05, 0.1) is 30.7 Å². The van der Waals surface area contributed by atoms with Crippen LogP contribution < -0.4 is 10.6 Å². The lowest BCUT2D eigenvalue weighted by Gasteiger charge is -2.12. The largest absolute Gasteiger partial charge is 0.480 e. The maximum atomic E-state index is 11.3. The Morgan fingerprint density at radius 2 is 2.11 bits per heavy atom. The van der Waals surface area contributed by atoms with E-state index in [0.717, 1.165) is 5.69 Å². The Morgan fingerprint density at radius 3 is 2.61 bits per heavy atom. The molecule has 1 aromatic heterocycles. The lowest BCUT2D eigenvalue weighted by Crippen LogP contribution is -2.47. The van der Waals surface area contributed by atoms with Gasteiger partial charge in [0.2, 0.25) is 0 Å². The number of rotatable bonds is 5. The number of amides is 2. The third kappa shape index (κ3) is 4.34. The zero-order valence-electron chi connectivity index (χ0n) is 9.75. The quantitative estimate of drug-likeness (QED) is 0.536. The minimum absolute atomic E-state index is 0.122. The van der Waals surface area contributed by atoms with Crippen LogP contribution in [0.15, 0.2) is 12.4 Å². The average molecular weight is 254 g/mol. The molecular formula is C10H14N4O4. The standard InChI is InChI=1S/C10H14N4O4/c1-6-2-12-7(3-11-6)4-13-10(18)14-8(5-15)9(16)17/h2-3,8,15H,4-5H2,1H3,(H,16,17)(H2,13,14,18). The second-order valence-corrected chi connectivity index (χ2v) is 3.55. The number of aliphatic hydroxyl groups is 1. The first-order valence-electron chi connectivity index (χ1n) is 5.18. The molecule has 1 aromatic rings. The van der Waals surface area contributed by atoms with Crippen LogP contribution in [0.4, 0.5) is 4.79 Å². The van der Waals surface area contributed by atoms with Crippen molar-refractivity contribution in [3.63, 3.8) is 0 Å². The van der Waals surface area contributed by atoms with Crippen molar-refractivity contribution in [2.75, 3.05) is 6.61 Å². The Hall–Kier alpha value is -2.22. The van der Waals surface area contributed by atoms with Gasteiger partial charge in [-0.15, -0.1) is 0 Å². The smallest absolute Gasteiger partial charge is 0.328 e. The number of urea groups is 1. The van der Waals surface area contributed by atoms with Crippen molar-refractivity contribution in [1.82, 2.24) is 20.6 Å².